The highest BCUT2D eigenvalue weighted by atomic mass is 16.6. The molecule has 0 radical (unpaired) electrons. The van der Waals surface area contributed by atoms with Gasteiger partial charge in [0, 0.05) is 57.3 Å². The highest BCUT2D eigenvalue weighted by Gasteiger charge is 2.53. The van der Waals surface area contributed by atoms with Gasteiger partial charge in [0.15, 0.2) is 0 Å². The van der Waals surface area contributed by atoms with Gasteiger partial charge in [-0.3, -0.25) is 10.6 Å². The average molecular weight is 677 g/mol. The monoisotopic (exact) mass is 676 g/mol. The van der Waals surface area contributed by atoms with E-state index in [4.69, 9.17) is 9.47 Å². The normalized spacial score (nSPS) is 19.5. The van der Waals surface area contributed by atoms with Crippen molar-refractivity contribution in [1.29, 1.82) is 0 Å². The Bertz CT molecular complexity index is 2350. The fourth-order valence-electron chi connectivity index (χ4n) is 9.73. The van der Waals surface area contributed by atoms with E-state index in [1.165, 1.54) is 43.8 Å². The highest BCUT2D eigenvalue weighted by molar-refractivity contribution is 5.93. The Morgan fingerprint density at radius 1 is 0.423 bits per heavy atom. The Hall–Kier alpha value is -6.40. The lowest BCUT2D eigenvalue weighted by Gasteiger charge is -2.31. The van der Waals surface area contributed by atoms with Gasteiger partial charge in [0.2, 0.25) is 0 Å². The van der Waals surface area contributed by atoms with E-state index >= 15 is 0 Å². The first-order valence-corrected chi connectivity index (χ1v) is 18.0. The molecule has 11 rings (SSSR count). The fraction of sp³-hybridized carbons (Fsp3) is 0.130. The van der Waals surface area contributed by atoms with Crippen LogP contribution >= 0.6 is 0 Å². The molecule has 0 saturated heterocycles. The molecule has 4 atom stereocenters. The summed E-state index contributed by atoms with van der Waals surface area (Å²) in [6.07, 6.45) is 0.579. The van der Waals surface area contributed by atoms with Crippen LogP contribution in [0, 0.1) is 0 Å². The zero-order chi connectivity index (χ0) is 34.5. The molecular weight excluding hydrogens is 645 g/mol. The Morgan fingerprint density at radius 2 is 0.712 bits per heavy atom. The number of anilines is 2. The van der Waals surface area contributed by atoms with Crippen molar-refractivity contribution < 1.29 is 19.1 Å². The van der Waals surface area contributed by atoms with Gasteiger partial charge in [0.1, 0.15) is 11.5 Å². The molecule has 7 aromatic rings. The molecule has 52 heavy (non-hydrogen) atoms. The number of nitrogens with one attached hydrogen (secondary N) is 2. The zero-order valence-electron chi connectivity index (χ0n) is 28.1. The van der Waals surface area contributed by atoms with Crippen LogP contribution in [0.5, 0.6) is 11.5 Å². The molecule has 2 amide bonds. The maximum absolute atomic E-state index is 13.9. The molecule has 0 spiro atoms. The zero-order valence-corrected chi connectivity index (χ0v) is 28.1. The first-order valence-electron chi connectivity index (χ1n) is 18.0. The van der Waals surface area contributed by atoms with Crippen molar-refractivity contribution in [2.45, 2.75) is 36.5 Å². The van der Waals surface area contributed by atoms with E-state index in [9.17, 15) is 9.59 Å². The van der Waals surface area contributed by atoms with E-state index in [0.717, 1.165) is 35.1 Å². The molecule has 250 valence electrons. The molecule has 6 heteroatoms. The van der Waals surface area contributed by atoms with Crippen LogP contribution in [0.15, 0.2) is 133 Å². The largest absolute Gasteiger partial charge is 0.417 e. The van der Waals surface area contributed by atoms with Gasteiger partial charge in [-0.25, -0.2) is 9.59 Å². The molecule has 7 aromatic carbocycles. The van der Waals surface area contributed by atoms with Gasteiger partial charge in [-0.15, -0.1) is 0 Å². The average Bonchev–Trinajstić information content (AvgIpc) is 3.94. The second kappa shape index (κ2) is 11.0. The third kappa shape index (κ3) is 4.30. The van der Waals surface area contributed by atoms with Gasteiger partial charge >= 0.3 is 12.2 Å². The molecular formula is C46H32N2O4. The fourth-order valence-corrected chi connectivity index (χ4v) is 9.73. The number of amides is 2. The SMILES string of the molecule is O=C(Nc1ccccc1)Oc1c2c(c(OC(=O)Nc3ccccc3)c3c1[C@H]1C[C@@H]3c3cc4ccccc4cc31)[C@H]1C[C@@H]2c2cc3ccccc3cc21. The lowest BCUT2D eigenvalue weighted by Crippen LogP contribution is -2.23. The van der Waals surface area contributed by atoms with Crippen molar-refractivity contribution in [2.24, 2.45) is 0 Å². The van der Waals surface area contributed by atoms with Crippen LogP contribution in [0.3, 0.4) is 0 Å². The maximum atomic E-state index is 13.9. The van der Waals surface area contributed by atoms with Gasteiger partial charge in [-0.05, 0) is 80.9 Å². The molecule has 4 aliphatic carbocycles. The minimum Gasteiger partial charge on any atom is -0.409 e. The van der Waals surface area contributed by atoms with Crippen LogP contribution < -0.4 is 20.1 Å². The van der Waals surface area contributed by atoms with E-state index in [1.807, 2.05) is 60.7 Å². The second-order valence-electron chi connectivity index (χ2n) is 14.4. The number of hydrogen-bond acceptors (Lipinski definition) is 4. The minimum atomic E-state index is -0.533. The van der Waals surface area contributed by atoms with Gasteiger partial charge in [-0.1, -0.05) is 109 Å². The number of fused-ring (bicyclic) bond motifs is 18. The summed E-state index contributed by atoms with van der Waals surface area (Å²) < 4.78 is 13.1. The number of carbonyl (C=O) groups excluding carboxylic acids is 2. The molecule has 4 aliphatic rings. The third-order valence-electron chi connectivity index (χ3n) is 11.7. The molecule has 0 heterocycles. The summed E-state index contributed by atoms with van der Waals surface area (Å²) in [5, 5.41) is 10.7. The van der Waals surface area contributed by atoms with Gasteiger partial charge in [0.05, 0.1) is 0 Å². The number of hydrogen-bond donors (Lipinski definition) is 2. The van der Waals surface area contributed by atoms with Crippen LogP contribution in [0.2, 0.25) is 0 Å². The summed E-state index contributed by atoms with van der Waals surface area (Å²) in [6, 6.07) is 44.9. The van der Waals surface area contributed by atoms with E-state index < -0.39 is 12.2 Å². The van der Waals surface area contributed by atoms with E-state index in [-0.39, 0.29) is 23.7 Å². The van der Waals surface area contributed by atoms with Crippen LogP contribution in [-0.2, 0) is 0 Å². The topological polar surface area (TPSA) is 76.7 Å². The summed E-state index contributed by atoms with van der Waals surface area (Å²) in [5.41, 5.74) is 10.2. The third-order valence-corrected chi connectivity index (χ3v) is 11.7. The van der Waals surface area contributed by atoms with E-state index in [2.05, 4.69) is 83.4 Å². The molecule has 0 aliphatic heterocycles. The smallest absolute Gasteiger partial charge is 0.409 e. The van der Waals surface area contributed by atoms with Crippen LogP contribution in [0.25, 0.3) is 21.5 Å². The highest BCUT2D eigenvalue weighted by Crippen LogP contribution is 2.69. The molecule has 0 saturated carbocycles. The number of benzene rings is 7. The van der Waals surface area contributed by atoms with Crippen molar-refractivity contribution in [3.05, 3.63) is 178 Å². The molecule has 0 unspecified atom stereocenters. The predicted octanol–water partition coefficient (Wildman–Crippen LogP) is 11.2. The molecule has 0 aromatic heterocycles. The van der Waals surface area contributed by atoms with Gasteiger partial charge < -0.3 is 9.47 Å². The second-order valence-corrected chi connectivity index (χ2v) is 14.4. The first-order chi connectivity index (χ1) is 25.6. The Labute approximate surface area is 300 Å². The van der Waals surface area contributed by atoms with E-state index in [1.54, 1.807) is 0 Å². The summed E-state index contributed by atoms with van der Waals surface area (Å²) in [6.45, 7) is 0. The maximum Gasteiger partial charge on any atom is 0.417 e. The molecule has 6 nitrogen and oxygen atoms in total. The van der Waals surface area contributed by atoms with Crippen molar-refractivity contribution in [3.63, 3.8) is 0 Å². The summed E-state index contributed by atoms with van der Waals surface area (Å²) in [4.78, 5) is 27.7. The van der Waals surface area contributed by atoms with Gasteiger partial charge in [-0.2, -0.15) is 0 Å². The van der Waals surface area contributed by atoms with Crippen LogP contribution in [-0.4, -0.2) is 12.2 Å². The quantitative estimate of drug-likeness (QED) is 0.195. The summed E-state index contributed by atoms with van der Waals surface area (Å²) in [5.74, 6) is 1.18. The number of carbonyl (C=O) groups is 2. The number of para-hydroxylation sites is 2. The molecule has 4 bridgehead atoms. The lowest BCUT2D eigenvalue weighted by atomic mass is 9.76. The van der Waals surface area contributed by atoms with Crippen molar-refractivity contribution in [2.75, 3.05) is 10.6 Å². The number of rotatable bonds is 4. The van der Waals surface area contributed by atoms with Crippen molar-refractivity contribution in [3.8, 4) is 11.5 Å². The number of ether oxygens (including phenoxy) is 2. The Balaban J connectivity index is 1.13. The van der Waals surface area contributed by atoms with Crippen LogP contribution in [0.1, 0.15) is 81.0 Å². The summed E-state index contributed by atoms with van der Waals surface area (Å²) >= 11 is 0. The van der Waals surface area contributed by atoms with Crippen molar-refractivity contribution >= 4 is 45.1 Å². The Kier molecular flexibility index (Phi) is 6.23. The summed E-state index contributed by atoms with van der Waals surface area (Å²) in [7, 11) is 0. The lowest BCUT2D eigenvalue weighted by molar-refractivity contribution is 0.211. The standard InChI is InChI=1S/C46H32N2O4/c49-45(47-29-15-3-1-4-16-29)51-43-39-35-23-37(33-21-27-13-9-7-11-25(27)19-31(33)35)41(39)44(52-46(50)48-30-17-5-2-6-18-30)42-38-24-36(40(42)43)32-20-26-12-8-10-14-28(26)22-34(32)38/h1-22,35-38H,23-24H2,(H,47,49)(H,48,50)/t35-,36+,37+,38-. The van der Waals surface area contributed by atoms with Gasteiger partial charge in [0.25, 0.3) is 0 Å². The molecule has 2 N–H and O–H groups in total. The van der Waals surface area contributed by atoms with Crippen molar-refractivity contribution in [1.82, 2.24) is 0 Å². The van der Waals surface area contributed by atoms with Crippen LogP contribution in [0.4, 0.5) is 21.0 Å². The minimum absolute atomic E-state index is 0.0147. The predicted molar refractivity (Wildman–Crippen MR) is 203 cm³/mol. The Morgan fingerprint density at radius 3 is 1.02 bits per heavy atom. The van der Waals surface area contributed by atoms with E-state index in [0.29, 0.717) is 22.9 Å². The molecule has 0 fully saturated rings. The first kappa shape index (κ1) is 29.3.